The molecule has 1 atom stereocenters. The Morgan fingerprint density at radius 3 is 2.40 bits per heavy atom. The average Bonchev–Trinajstić information content (AvgIpc) is 3.36. The summed E-state index contributed by atoms with van der Waals surface area (Å²) in [7, 11) is 1.76. The predicted molar refractivity (Wildman–Crippen MR) is 126 cm³/mol. The number of carbonyl (C=O) groups is 1. The zero-order valence-corrected chi connectivity index (χ0v) is 18.6. The van der Waals surface area contributed by atoms with E-state index in [1.165, 1.54) is 12.1 Å². The number of hydrogen-bond acceptors (Lipinski definition) is 3. The molecule has 5 aromatic rings. The fourth-order valence-electron chi connectivity index (χ4n) is 4.26. The lowest BCUT2D eigenvalue weighted by atomic mass is 10.1. The smallest absolute Gasteiger partial charge is 0.394 e. The summed E-state index contributed by atoms with van der Waals surface area (Å²) in [5, 5.41) is 18.6. The Morgan fingerprint density at radius 2 is 1.74 bits per heavy atom. The zero-order valence-electron chi connectivity index (χ0n) is 18.6. The highest BCUT2D eigenvalue weighted by Gasteiger charge is 2.30. The van der Waals surface area contributed by atoms with Crippen LogP contribution in [0, 0.1) is 0 Å². The number of nitrogens with zero attached hydrogens (tertiary/aromatic N) is 3. The van der Waals surface area contributed by atoms with Crippen molar-refractivity contribution < 1.29 is 23.1 Å². The highest BCUT2D eigenvalue weighted by Crippen LogP contribution is 2.34. The molecule has 0 aliphatic rings. The number of alkyl halides is 3. The maximum Gasteiger partial charge on any atom is 0.416 e. The largest absolute Gasteiger partial charge is 0.416 e. The number of benzene rings is 3. The normalized spacial score (nSPS) is 12.8. The van der Waals surface area contributed by atoms with Crippen molar-refractivity contribution in [2.75, 3.05) is 6.61 Å². The van der Waals surface area contributed by atoms with Crippen LogP contribution in [0.15, 0.2) is 79.0 Å². The summed E-state index contributed by atoms with van der Waals surface area (Å²) >= 11 is 0. The van der Waals surface area contributed by atoms with Gasteiger partial charge in [-0.1, -0.05) is 30.3 Å². The highest BCUT2D eigenvalue weighted by molar-refractivity contribution is 6.10. The summed E-state index contributed by atoms with van der Waals surface area (Å²) in [6, 6.07) is 18.6. The number of aryl methyl sites for hydroxylation is 1. The second-order valence-electron chi connectivity index (χ2n) is 8.27. The van der Waals surface area contributed by atoms with Crippen molar-refractivity contribution in [1.29, 1.82) is 0 Å². The first kappa shape index (κ1) is 22.7. The minimum Gasteiger partial charge on any atom is -0.394 e. The van der Waals surface area contributed by atoms with Gasteiger partial charge in [-0.2, -0.15) is 18.3 Å². The Labute approximate surface area is 198 Å². The molecule has 0 saturated heterocycles. The van der Waals surface area contributed by atoms with Crippen molar-refractivity contribution in [2.24, 2.45) is 7.05 Å². The van der Waals surface area contributed by atoms with Gasteiger partial charge in [-0.25, -0.2) is 0 Å². The monoisotopic (exact) mass is 478 g/mol. The van der Waals surface area contributed by atoms with Crippen LogP contribution in [0.4, 0.5) is 13.2 Å². The maximum atomic E-state index is 13.0. The Balaban J connectivity index is 1.56. The van der Waals surface area contributed by atoms with Crippen LogP contribution in [0.1, 0.15) is 27.5 Å². The van der Waals surface area contributed by atoms with Crippen molar-refractivity contribution in [3.05, 3.63) is 95.7 Å². The molecule has 0 bridgehead atoms. The minimum absolute atomic E-state index is 0.255. The molecule has 0 spiro atoms. The van der Waals surface area contributed by atoms with Gasteiger partial charge in [0, 0.05) is 35.3 Å². The number of amides is 1. The van der Waals surface area contributed by atoms with E-state index in [2.05, 4.69) is 10.4 Å². The number of aliphatic hydroxyl groups excluding tert-OH is 1. The topological polar surface area (TPSA) is 72.1 Å². The summed E-state index contributed by atoms with van der Waals surface area (Å²) in [5.41, 5.74) is 2.25. The molecule has 0 aliphatic heterocycles. The molecule has 35 heavy (non-hydrogen) atoms. The van der Waals surface area contributed by atoms with Gasteiger partial charge in [0.05, 0.1) is 23.7 Å². The van der Waals surface area contributed by atoms with Crippen LogP contribution < -0.4 is 5.32 Å². The van der Waals surface area contributed by atoms with Gasteiger partial charge in [0.1, 0.15) is 0 Å². The number of hydrogen-bond donors (Lipinski definition) is 2. The SMILES string of the molecule is Cn1cc2c3cc(C(=O)N[C@H](CO)c4ccccc4)ccc3n(-c3ccc(C(F)(F)F)cc3)c2n1. The summed E-state index contributed by atoms with van der Waals surface area (Å²) in [5.74, 6) is -0.353. The van der Waals surface area contributed by atoms with Crippen molar-refractivity contribution in [2.45, 2.75) is 12.2 Å². The molecular formula is C26H21F3N4O2. The van der Waals surface area contributed by atoms with E-state index in [1.807, 2.05) is 30.3 Å². The molecule has 5 rings (SSSR count). The summed E-state index contributed by atoms with van der Waals surface area (Å²) < 4.78 is 42.5. The van der Waals surface area contributed by atoms with Crippen molar-refractivity contribution in [1.82, 2.24) is 19.7 Å². The van der Waals surface area contributed by atoms with Gasteiger partial charge in [-0.3, -0.25) is 14.0 Å². The van der Waals surface area contributed by atoms with Crippen LogP contribution >= 0.6 is 0 Å². The second kappa shape index (κ2) is 8.59. The van der Waals surface area contributed by atoms with Gasteiger partial charge >= 0.3 is 6.18 Å². The number of aliphatic hydroxyl groups is 1. The van der Waals surface area contributed by atoms with Crippen LogP contribution in [0.25, 0.3) is 27.6 Å². The van der Waals surface area contributed by atoms with E-state index in [0.29, 0.717) is 22.4 Å². The van der Waals surface area contributed by atoms with E-state index < -0.39 is 17.8 Å². The van der Waals surface area contributed by atoms with Gasteiger partial charge in [-0.05, 0) is 48.0 Å². The maximum absolute atomic E-state index is 13.0. The summed E-state index contributed by atoms with van der Waals surface area (Å²) in [4.78, 5) is 13.0. The quantitative estimate of drug-likeness (QED) is 0.374. The van der Waals surface area contributed by atoms with Crippen LogP contribution in [0.5, 0.6) is 0 Å². The second-order valence-corrected chi connectivity index (χ2v) is 8.27. The first-order chi connectivity index (χ1) is 16.8. The van der Waals surface area contributed by atoms with Crippen LogP contribution in [0.3, 0.4) is 0 Å². The summed E-state index contributed by atoms with van der Waals surface area (Å²) in [6.07, 6.45) is -2.62. The fourth-order valence-corrected chi connectivity index (χ4v) is 4.26. The number of fused-ring (bicyclic) bond motifs is 3. The van der Waals surface area contributed by atoms with E-state index in [4.69, 9.17) is 0 Å². The Morgan fingerprint density at radius 1 is 1.03 bits per heavy atom. The molecule has 1 amide bonds. The third-order valence-electron chi connectivity index (χ3n) is 5.95. The van der Waals surface area contributed by atoms with E-state index in [-0.39, 0.29) is 12.5 Å². The number of rotatable bonds is 5. The Bertz CT molecular complexity index is 1520. The molecule has 9 heteroatoms. The Kier molecular flexibility index (Phi) is 5.56. The lowest BCUT2D eigenvalue weighted by Crippen LogP contribution is -2.30. The lowest BCUT2D eigenvalue weighted by Gasteiger charge is -2.17. The van der Waals surface area contributed by atoms with E-state index in [1.54, 1.807) is 40.7 Å². The molecule has 0 fully saturated rings. The number of aromatic nitrogens is 3. The molecule has 0 aliphatic carbocycles. The first-order valence-electron chi connectivity index (χ1n) is 10.9. The molecular weight excluding hydrogens is 457 g/mol. The average molecular weight is 478 g/mol. The fraction of sp³-hybridized carbons (Fsp3) is 0.154. The van der Waals surface area contributed by atoms with Crippen LogP contribution in [-0.2, 0) is 13.2 Å². The standard InChI is InChI=1S/C26H21F3N4O2/c1-32-14-21-20-13-17(25(35)30-22(15-34)16-5-3-2-4-6-16)7-12-23(20)33(24(21)31-32)19-10-8-18(9-11-19)26(27,28)29/h2-14,22,34H,15H2,1H3,(H,30,35)/t22-/m1/s1. The van der Waals surface area contributed by atoms with Crippen molar-refractivity contribution in [3.8, 4) is 5.69 Å². The van der Waals surface area contributed by atoms with E-state index in [0.717, 1.165) is 28.5 Å². The third-order valence-corrected chi connectivity index (χ3v) is 5.95. The number of halogens is 3. The molecule has 178 valence electrons. The van der Waals surface area contributed by atoms with Gasteiger partial charge in [-0.15, -0.1) is 0 Å². The van der Waals surface area contributed by atoms with E-state index in [9.17, 15) is 23.1 Å². The number of nitrogens with one attached hydrogen (secondary N) is 1. The van der Waals surface area contributed by atoms with E-state index >= 15 is 0 Å². The molecule has 2 N–H and O–H groups in total. The first-order valence-corrected chi connectivity index (χ1v) is 10.9. The van der Waals surface area contributed by atoms with Crippen LogP contribution in [-0.4, -0.2) is 32.0 Å². The molecule has 0 radical (unpaired) electrons. The van der Waals surface area contributed by atoms with Gasteiger partial charge in [0.25, 0.3) is 5.91 Å². The van der Waals surface area contributed by atoms with Gasteiger partial charge in [0.15, 0.2) is 5.65 Å². The zero-order chi connectivity index (χ0) is 24.7. The highest BCUT2D eigenvalue weighted by atomic mass is 19.4. The third kappa shape index (κ3) is 4.15. The molecule has 0 saturated carbocycles. The van der Waals surface area contributed by atoms with Crippen molar-refractivity contribution in [3.63, 3.8) is 0 Å². The summed E-state index contributed by atoms with van der Waals surface area (Å²) in [6.45, 7) is -0.255. The number of carbonyl (C=O) groups excluding carboxylic acids is 1. The molecule has 2 heterocycles. The lowest BCUT2D eigenvalue weighted by molar-refractivity contribution is -0.137. The molecule has 0 unspecified atom stereocenters. The van der Waals surface area contributed by atoms with Crippen LogP contribution in [0.2, 0.25) is 0 Å². The van der Waals surface area contributed by atoms with Gasteiger partial charge < -0.3 is 10.4 Å². The molecule has 2 aromatic heterocycles. The predicted octanol–water partition coefficient (Wildman–Crippen LogP) is 5.00. The van der Waals surface area contributed by atoms with Crippen molar-refractivity contribution >= 4 is 27.8 Å². The molecule has 3 aromatic carbocycles. The van der Waals surface area contributed by atoms with Gasteiger partial charge in [0.2, 0.25) is 0 Å². The molecule has 6 nitrogen and oxygen atoms in total. The minimum atomic E-state index is -4.42. The Hall–Kier alpha value is -4.11.